The van der Waals surface area contributed by atoms with Crippen LogP contribution in [0, 0.1) is 28.1 Å². The van der Waals surface area contributed by atoms with Crippen molar-refractivity contribution in [2.24, 2.45) is 28.1 Å². The molecule has 1 rings (SSSR count). The Labute approximate surface area is 161 Å². The molecule has 1 heterocycles. The molecule has 2 N–H and O–H groups in total. The summed E-state index contributed by atoms with van der Waals surface area (Å²) in [6.07, 6.45) is 3.68. The van der Waals surface area contributed by atoms with Crippen LogP contribution in [0.15, 0.2) is 12.2 Å². The fraction of sp³-hybridized carbons (Fsp3) is 0.810. The molecule has 0 aromatic carbocycles. The maximum atomic E-state index is 12.3. The highest BCUT2D eigenvalue weighted by molar-refractivity contribution is 6.99. The monoisotopic (exact) mass is 365 g/mol. The van der Waals surface area contributed by atoms with Crippen LogP contribution in [-0.2, 0) is 9.59 Å². The molecule has 0 aliphatic carbocycles. The molecule has 0 amide bonds. The third-order valence-corrected chi connectivity index (χ3v) is 6.22. The Bertz CT molecular complexity index is 512. The van der Waals surface area contributed by atoms with Crippen molar-refractivity contribution in [1.82, 2.24) is 0 Å². The summed E-state index contributed by atoms with van der Waals surface area (Å²) in [5.41, 5.74) is 1.75. The summed E-state index contributed by atoms with van der Waals surface area (Å²) in [5.74, 6) is 0.0480. The fourth-order valence-corrected chi connectivity index (χ4v) is 6.36. The molecule has 1 radical (unpaired) electrons. The van der Waals surface area contributed by atoms with Crippen LogP contribution >= 0.6 is 0 Å². The van der Waals surface area contributed by atoms with Gasteiger partial charge < -0.3 is 15.1 Å². The van der Waals surface area contributed by atoms with E-state index in [4.69, 9.17) is 0 Å². The van der Waals surface area contributed by atoms with Crippen molar-refractivity contribution >= 4 is 24.5 Å². The molecule has 0 aromatic rings. The van der Waals surface area contributed by atoms with Gasteiger partial charge in [-0.2, -0.15) is 0 Å². The Morgan fingerprint density at radius 3 is 1.96 bits per heavy atom. The minimum atomic E-state index is -0.644. The van der Waals surface area contributed by atoms with Crippen LogP contribution in [0.25, 0.3) is 0 Å². The second kappa shape index (κ2) is 8.51. The van der Waals surface area contributed by atoms with E-state index in [0.29, 0.717) is 11.8 Å². The maximum absolute atomic E-state index is 12.3. The fourth-order valence-electron chi connectivity index (χ4n) is 5.10. The first-order chi connectivity index (χ1) is 10.6. The van der Waals surface area contributed by atoms with Gasteiger partial charge in [0.1, 0.15) is 0 Å². The van der Waals surface area contributed by atoms with Gasteiger partial charge in [0, 0.05) is 5.92 Å². The molecule has 0 spiro atoms. The van der Waals surface area contributed by atoms with Crippen molar-refractivity contribution < 1.29 is 15.1 Å². The molecule has 0 bridgehead atoms. The summed E-state index contributed by atoms with van der Waals surface area (Å²) < 4.78 is 0.389. The molecule has 143 valence electrons. The summed E-state index contributed by atoms with van der Waals surface area (Å²) >= 11 is -0.644. The average molecular weight is 366 g/mol. The van der Waals surface area contributed by atoms with Crippen LogP contribution in [0.3, 0.4) is 0 Å². The Kier molecular flexibility index (Phi) is 8.36. The lowest BCUT2D eigenvalue weighted by Gasteiger charge is -2.41. The summed E-state index contributed by atoms with van der Waals surface area (Å²) in [4.78, 5) is 24.0. The number of carbonyl (C=O) groups excluding carboxylic acids is 2. The lowest BCUT2D eigenvalue weighted by Crippen LogP contribution is -2.32. The lowest BCUT2D eigenvalue weighted by molar-refractivity contribution is -0.117. The summed E-state index contributed by atoms with van der Waals surface area (Å²) in [5, 5.41) is 0. The van der Waals surface area contributed by atoms with E-state index in [-0.39, 0.29) is 37.4 Å². The first-order valence-electron chi connectivity index (χ1n) is 9.19. The standard InChI is InChI=1S/C21H36O2.Al.H2O/c1-16(2)18(17(13-23)10-11-22)12-20(6,7)15-21(8,9)14-19(3,4)5;;/h17-18H,1,10,12,14-15H2,2-9H3;;1H2. The minimum Gasteiger partial charge on any atom is -0.412 e. The van der Waals surface area contributed by atoms with E-state index in [9.17, 15) is 9.59 Å². The molecule has 0 saturated carbocycles. The van der Waals surface area contributed by atoms with Gasteiger partial charge in [0.25, 0.3) is 0 Å². The highest BCUT2D eigenvalue weighted by Gasteiger charge is 2.41. The first kappa shape index (κ1) is 24.6. The number of rotatable bonds is 7. The zero-order chi connectivity index (χ0) is 18.9. The van der Waals surface area contributed by atoms with Crippen molar-refractivity contribution in [2.45, 2.75) is 81.1 Å². The topological polar surface area (TPSA) is 65.6 Å². The highest BCUT2D eigenvalue weighted by Crippen LogP contribution is 2.46. The van der Waals surface area contributed by atoms with Gasteiger partial charge in [0.05, 0.1) is 9.29 Å². The molecule has 1 aliphatic rings. The van der Waals surface area contributed by atoms with Gasteiger partial charge in [-0.1, -0.05) is 60.6 Å². The van der Waals surface area contributed by atoms with Crippen molar-refractivity contribution in [3.8, 4) is 0 Å². The summed E-state index contributed by atoms with van der Waals surface area (Å²) in [6, 6.07) is 0. The molecule has 0 aromatic heterocycles. The molecule has 1 saturated heterocycles. The lowest BCUT2D eigenvalue weighted by atomic mass is 9.64. The smallest absolute Gasteiger partial charge is 0.412 e. The molecule has 2 atom stereocenters. The Morgan fingerprint density at radius 1 is 1.08 bits per heavy atom. The predicted molar refractivity (Wildman–Crippen MR) is 107 cm³/mol. The normalized spacial score (nSPS) is 20.1. The SMILES string of the molecule is C=C(C)C(CC(C)(C)CC(C)(C)CC(C)(C)C)C1C[C](=O)[Al][C]1=O.O. The minimum absolute atomic E-state index is 0. The Hall–Kier alpha value is -0.428. The van der Waals surface area contributed by atoms with E-state index in [1.165, 1.54) is 6.42 Å². The molecule has 1 aliphatic heterocycles. The van der Waals surface area contributed by atoms with Crippen LogP contribution < -0.4 is 0 Å². The zero-order valence-electron chi connectivity index (χ0n) is 17.6. The van der Waals surface area contributed by atoms with E-state index in [1.807, 2.05) is 6.92 Å². The molecule has 25 heavy (non-hydrogen) atoms. The zero-order valence-corrected chi connectivity index (χ0v) is 18.7. The van der Waals surface area contributed by atoms with Gasteiger partial charge in [-0.3, -0.25) is 0 Å². The van der Waals surface area contributed by atoms with E-state index >= 15 is 0 Å². The summed E-state index contributed by atoms with van der Waals surface area (Å²) in [6.45, 7) is 22.4. The Morgan fingerprint density at radius 2 is 1.60 bits per heavy atom. The quantitative estimate of drug-likeness (QED) is 0.496. The molecular formula is C21H38AlO3. The molecular weight excluding hydrogens is 327 g/mol. The van der Waals surface area contributed by atoms with Gasteiger partial charge in [-0.25, -0.2) is 0 Å². The van der Waals surface area contributed by atoms with E-state index in [1.54, 1.807) is 0 Å². The van der Waals surface area contributed by atoms with Crippen LogP contribution in [0.4, 0.5) is 0 Å². The van der Waals surface area contributed by atoms with Crippen molar-refractivity contribution in [3.63, 3.8) is 0 Å². The van der Waals surface area contributed by atoms with Gasteiger partial charge in [0.2, 0.25) is 0 Å². The second-order valence-electron chi connectivity index (χ2n) is 10.7. The van der Waals surface area contributed by atoms with Crippen LogP contribution in [0.5, 0.6) is 0 Å². The molecule has 2 unspecified atom stereocenters. The summed E-state index contributed by atoms with van der Waals surface area (Å²) in [7, 11) is 0. The van der Waals surface area contributed by atoms with Crippen molar-refractivity contribution in [2.75, 3.05) is 0 Å². The van der Waals surface area contributed by atoms with Crippen LogP contribution in [-0.4, -0.2) is 30.0 Å². The largest absolute Gasteiger partial charge is 0.421 e. The van der Waals surface area contributed by atoms with Gasteiger partial charge >= 0.3 is 15.2 Å². The highest BCUT2D eigenvalue weighted by atomic mass is 27.1. The first-order valence-corrected chi connectivity index (χ1v) is 10.3. The van der Waals surface area contributed by atoms with Crippen molar-refractivity contribution in [3.05, 3.63) is 12.2 Å². The van der Waals surface area contributed by atoms with Gasteiger partial charge in [-0.15, -0.1) is 0 Å². The Balaban J connectivity index is 0.00000576. The number of hydrogen-bond donors (Lipinski definition) is 0. The van der Waals surface area contributed by atoms with Crippen molar-refractivity contribution in [1.29, 1.82) is 0 Å². The number of carbonyl (C=O) groups is 2. The third-order valence-electron chi connectivity index (χ3n) is 4.95. The van der Waals surface area contributed by atoms with Gasteiger partial charge in [0.15, 0.2) is 0 Å². The average Bonchev–Trinajstić information content (AvgIpc) is 2.59. The number of allylic oxidation sites excluding steroid dienone is 1. The molecule has 1 fully saturated rings. The maximum Gasteiger partial charge on any atom is 0.421 e. The van der Waals surface area contributed by atoms with E-state index in [2.05, 4.69) is 55.0 Å². The second-order valence-corrected chi connectivity index (χ2v) is 12.2. The molecule has 3 nitrogen and oxygen atoms in total. The van der Waals surface area contributed by atoms with Gasteiger partial charge in [-0.05, 0) is 54.8 Å². The molecule has 4 heteroatoms. The van der Waals surface area contributed by atoms with Crippen LogP contribution in [0.1, 0.15) is 81.1 Å². The van der Waals surface area contributed by atoms with E-state index < -0.39 is 15.2 Å². The van der Waals surface area contributed by atoms with E-state index in [0.717, 1.165) is 18.4 Å². The predicted octanol–water partition coefficient (Wildman–Crippen LogP) is 4.40. The number of hydrogen-bond acceptors (Lipinski definition) is 2. The van der Waals surface area contributed by atoms with Crippen LogP contribution in [0.2, 0.25) is 0 Å². The third kappa shape index (κ3) is 8.20.